The molecule has 96 valence electrons. The minimum atomic E-state index is 0.869. The van der Waals surface area contributed by atoms with Crippen LogP contribution in [0.3, 0.4) is 0 Å². The fourth-order valence-electron chi connectivity index (χ4n) is 3.16. The van der Waals surface area contributed by atoms with Crippen molar-refractivity contribution in [2.24, 2.45) is 0 Å². The Labute approximate surface area is 109 Å². The Morgan fingerprint density at radius 3 is 2.33 bits per heavy atom. The molecule has 0 aromatic heterocycles. The summed E-state index contributed by atoms with van der Waals surface area (Å²) in [5.74, 6) is 1.76. The summed E-state index contributed by atoms with van der Waals surface area (Å²) >= 11 is 0. The summed E-state index contributed by atoms with van der Waals surface area (Å²) in [6.07, 6.45) is 5.65. The van der Waals surface area contributed by atoms with Crippen LogP contribution in [0.4, 0.5) is 5.69 Å². The maximum Gasteiger partial charge on any atom is 0.0402 e. The third kappa shape index (κ3) is 2.03. The lowest BCUT2D eigenvalue weighted by molar-refractivity contribution is 0.587. The molecule has 3 fully saturated rings. The predicted octanol–water partition coefficient (Wildman–Crippen LogP) is 2.85. The molecule has 1 N–H and O–H groups in total. The van der Waals surface area contributed by atoms with Gasteiger partial charge in [0.25, 0.3) is 0 Å². The second kappa shape index (κ2) is 4.27. The number of hydrogen-bond donors (Lipinski definition) is 1. The molecule has 1 saturated heterocycles. The highest BCUT2D eigenvalue weighted by Gasteiger charge is 2.31. The summed E-state index contributed by atoms with van der Waals surface area (Å²) in [4.78, 5) is 2.58. The molecule has 0 bridgehead atoms. The van der Waals surface area contributed by atoms with Gasteiger partial charge in [0, 0.05) is 31.9 Å². The minimum absolute atomic E-state index is 0.869. The highest BCUT2D eigenvalue weighted by Crippen LogP contribution is 2.48. The number of piperazine rings is 1. The van der Waals surface area contributed by atoms with Gasteiger partial charge in [0.15, 0.2) is 0 Å². The molecule has 2 nitrogen and oxygen atoms in total. The maximum absolute atomic E-state index is 3.45. The fraction of sp³-hybridized carbons (Fsp3) is 0.625. The highest BCUT2D eigenvalue weighted by molar-refractivity contribution is 5.58. The van der Waals surface area contributed by atoms with Crippen molar-refractivity contribution in [3.63, 3.8) is 0 Å². The van der Waals surface area contributed by atoms with Gasteiger partial charge in [-0.15, -0.1) is 0 Å². The molecule has 0 unspecified atom stereocenters. The normalized spacial score (nSPS) is 24.3. The number of hydrogen-bond acceptors (Lipinski definition) is 2. The Morgan fingerprint density at radius 2 is 1.67 bits per heavy atom. The van der Waals surface area contributed by atoms with Crippen LogP contribution < -0.4 is 10.2 Å². The van der Waals surface area contributed by atoms with Gasteiger partial charge in [-0.3, -0.25) is 0 Å². The average Bonchev–Trinajstić information content (AvgIpc) is 3.32. The van der Waals surface area contributed by atoms with Gasteiger partial charge in [0.05, 0.1) is 0 Å². The molecule has 2 saturated carbocycles. The van der Waals surface area contributed by atoms with E-state index in [-0.39, 0.29) is 0 Å². The number of anilines is 1. The molecular weight excluding hydrogens is 220 g/mol. The van der Waals surface area contributed by atoms with Crippen LogP contribution in [0.5, 0.6) is 0 Å². The van der Waals surface area contributed by atoms with Crippen LogP contribution in [0.1, 0.15) is 48.6 Å². The first-order valence-corrected chi connectivity index (χ1v) is 7.51. The zero-order valence-corrected chi connectivity index (χ0v) is 11.0. The van der Waals surface area contributed by atoms with Crippen molar-refractivity contribution in [2.45, 2.75) is 37.5 Å². The van der Waals surface area contributed by atoms with Gasteiger partial charge >= 0.3 is 0 Å². The lowest BCUT2D eigenvalue weighted by atomic mass is 10.0. The molecule has 1 aromatic rings. The van der Waals surface area contributed by atoms with Crippen LogP contribution in [0.25, 0.3) is 0 Å². The van der Waals surface area contributed by atoms with Crippen molar-refractivity contribution in [1.29, 1.82) is 0 Å². The van der Waals surface area contributed by atoms with Gasteiger partial charge in [0.1, 0.15) is 0 Å². The largest absolute Gasteiger partial charge is 0.369 e. The zero-order chi connectivity index (χ0) is 11.9. The molecule has 0 radical (unpaired) electrons. The van der Waals surface area contributed by atoms with E-state index in [0.717, 1.165) is 24.9 Å². The summed E-state index contributed by atoms with van der Waals surface area (Å²) in [6, 6.07) is 7.33. The molecule has 1 aromatic carbocycles. The van der Waals surface area contributed by atoms with Crippen molar-refractivity contribution in [1.82, 2.24) is 5.32 Å². The maximum atomic E-state index is 3.45. The first-order chi connectivity index (χ1) is 8.92. The van der Waals surface area contributed by atoms with E-state index < -0.39 is 0 Å². The van der Waals surface area contributed by atoms with Crippen LogP contribution in [0.15, 0.2) is 18.2 Å². The molecule has 0 atom stereocenters. The number of rotatable bonds is 3. The van der Waals surface area contributed by atoms with Gasteiger partial charge in [-0.25, -0.2) is 0 Å². The summed E-state index contributed by atoms with van der Waals surface area (Å²) < 4.78 is 0. The van der Waals surface area contributed by atoms with E-state index in [1.165, 1.54) is 44.5 Å². The number of nitrogens with zero attached hydrogens (tertiary/aromatic N) is 1. The van der Waals surface area contributed by atoms with E-state index in [0.29, 0.717) is 0 Å². The molecule has 1 heterocycles. The molecule has 18 heavy (non-hydrogen) atoms. The van der Waals surface area contributed by atoms with E-state index in [4.69, 9.17) is 0 Å². The quantitative estimate of drug-likeness (QED) is 0.877. The Balaban J connectivity index is 1.67. The SMILES string of the molecule is c1cc(N2CCNCC2)c(C2CC2)cc1C1CC1. The third-order valence-electron chi connectivity index (χ3n) is 4.58. The smallest absolute Gasteiger partial charge is 0.0402 e. The fourth-order valence-corrected chi connectivity index (χ4v) is 3.16. The average molecular weight is 242 g/mol. The van der Waals surface area contributed by atoms with Crippen molar-refractivity contribution < 1.29 is 0 Å². The van der Waals surface area contributed by atoms with Crippen LogP contribution in [-0.2, 0) is 0 Å². The molecule has 2 aliphatic carbocycles. The minimum Gasteiger partial charge on any atom is -0.369 e. The standard InChI is InChI=1S/C16H22N2/c1-2-12(1)14-5-6-16(15(11-14)13-3-4-13)18-9-7-17-8-10-18/h5-6,11-13,17H,1-4,7-10H2. The van der Waals surface area contributed by atoms with E-state index in [1.807, 2.05) is 0 Å². The molecular formula is C16H22N2. The van der Waals surface area contributed by atoms with Crippen LogP contribution >= 0.6 is 0 Å². The monoisotopic (exact) mass is 242 g/mol. The van der Waals surface area contributed by atoms with Crippen molar-refractivity contribution in [2.75, 3.05) is 31.1 Å². The van der Waals surface area contributed by atoms with Gasteiger partial charge in [-0.2, -0.15) is 0 Å². The van der Waals surface area contributed by atoms with Crippen LogP contribution in [0.2, 0.25) is 0 Å². The van der Waals surface area contributed by atoms with E-state index >= 15 is 0 Å². The zero-order valence-electron chi connectivity index (χ0n) is 11.0. The Morgan fingerprint density at radius 1 is 0.944 bits per heavy atom. The molecule has 4 rings (SSSR count). The van der Waals surface area contributed by atoms with Crippen LogP contribution in [-0.4, -0.2) is 26.2 Å². The summed E-state index contributed by atoms with van der Waals surface area (Å²) in [5.41, 5.74) is 4.79. The van der Waals surface area contributed by atoms with Gasteiger partial charge in [-0.05, 0) is 54.7 Å². The lowest BCUT2D eigenvalue weighted by Crippen LogP contribution is -2.43. The van der Waals surface area contributed by atoms with Crippen molar-refractivity contribution in [3.8, 4) is 0 Å². The van der Waals surface area contributed by atoms with Gasteiger partial charge in [-0.1, -0.05) is 12.1 Å². The number of benzene rings is 1. The molecule has 0 spiro atoms. The summed E-state index contributed by atoms with van der Waals surface area (Å²) in [6.45, 7) is 4.61. The topological polar surface area (TPSA) is 15.3 Å². The van der Waals surface area contributed by atoms with E-state index in [9.17, 15) is 0 Å². The Bertz CT molecular complexity index is 440. The first kappa shape index (κ1) is 10.9. The highest BCUT2D eigenvalue weighted by atomic mass is 15.2. The van der Waals surface area contributed by atoms with Crippen molar-refractivity contribution >= 4 is 5.69 Å². The number of nitrogens with one attached hydrogen (secondary N) is 1. The lowest BCUT2D eigenvalue weighted by Gasteiger charge is -2.31. The van der Waals surface area contributed by atoms with Crippen molar-refractivity contribution in [3.05, 3.63) is 29.3 Å². The second-order valence-electron chi connectivity index (χ2n) is 6.10. The molecule has 0 amide bonds. The Hall–Kier alpha value is -1.02. The molecule has 2 heteroatoms. The molecule has 1 aliphatic heterocycles. The van der Waals surface area contributed by atoms with E-state index in [2.05, 4.69) is 28.4 Å². The predicted molar refractivity (Wildman–Crippen MR) is 75.5 cm³/mol. The van der Waals surface area contributed by atoms with Gasteiger partial charge in [0.2, 0.25) is 0 Å². The third-order valence-corrected chi connectivity index (χ3v) is 4.58. The van der Waals surface area contributed by atoms with E-state index in [1.54, 1.807) is 11.1 Å². The molecule has 3 aliphatic rings. The summed E-state index contributed by atoms with van der Waals surface area (Å²) in [5, 5.41) is 3.45. The Kier molecular flexibility index (Phi) is 2.58. The summed E-state index contributed by atoms with van der Waals surface area (Å²) in [7, 11) is 0. The van der Waals surface area contributed by atoms with Crippen LogP contribution in [0, 0.1) is 0 Å². The second-order valence-corrected chi connectivity index (χ2v) is 6.10. The first-order valence-electron chi connectivity index (χ1n) is 7.51. The van der Waals surface area contributed by atoms with Gasteiger partial charge < -0.3 is 10.2 Å².